The van der Waals surface area contributed by atoms with Crippen molar-refractivity contribution in [2.24, 2.45) is 5.41 Å². The zero-order valence-corrected chi connectivity index (χ0v) is 21.2. The number of hydroxylamine groups is 2. The second-order valence-electron chi connectivity index (χ2n) is 10.8. The van der Waals surface area contributed by atoms with Crippen LogP contribution in [-0.4, -0.2) is 23.1 Å². The van der Waals surface area contributed by atoms with Crippen LogP contribution in [0.3, 0.4) is 0 Å². The summed E-state index contributed by atoms with van der Waals surface area (Å²) in [6.07, 6.45) is 23.1. The molecule has 178 valence electrons. The molecule has 1 fully saturated rings. The summed E-state index contributed by atoms with van der Waals surface area (Å²) in [5.74, 6) is -0.0459. The standard InChI is InChI=1S/C27H53NO2/c1-6-7-8-9-10-11-12-13-14-15-16-17-18-19-20-22-25(29)30-28-24-21-23-26(2,3)27(28,4)5/h6-24H2,1-5H3. The molecule has 3 nitrogen and oxygen atoms in total. The molecule has 0 bridgehead atoms. The van der Waals surface area contributed by atoms with Crippen LogP contribution in [0.2, 0.25) is 0 Å². The highest BCUT2D eigenvalue weighted by molar-refractivity contribution is 5.69. The topological polar surface area (TPSA) is 29.5 Å². The number of nitrogens with zero attached hydrogens (tertiary/aromatic N) is 1. The molecular formula is C27H53NO2. The van der Waals surface area contributed by atoms with Gasteiger partial charge in [0.1, 0.15) is 0 Å². The molecule has 0 aromatic carbocycles. The molecule has 1 aliphatic heterocycles. The van der Waals surface area contributed by atoms with Crippen LogP contribution in [0.1, 0.15) is 150 Å². The average Bonchev–Trinajstić information content (AvgIpc) is 2.69. The maximum atomic E-state index is 12.3. The van der Waals surface area contributed by atoms with Gasteiger partial charge in [0.05, 0.1) is 5.54 Å². The van der Waals surface area contributed by atoms with Crippen LogP contribution in [0.15, 0.2) is 0 Å². The maximum Gasteiger partial charge on any atom is 0.325 e. The van der Waals surface area contributed by atoms with Gasteiger partial charge in [-0.15, -0.1) is 5.06 Å². The summed E-state index contributed by atoms with van der Waals surface area (Å²) >= 11 is 0. The number of piperidine rings is 1. The fourth-order valence-corrected chi connectivity index (χ4v) is 4.56. The van der Waals surface area contributed by atoms with Crippen LogP contribution in [0.25, 0.3) is 0 Å². The van der Waals surface area contributed by atoms with E-state index in [9.17, 15) is 4.79 Å². The summed E-state index contributed by atoms with van der Waals surface area (Å²) in [4.78, 5) is 18.0. The SMILES string of the molecule is CCCCCCCCCCCCCCCCCC(=O)ON1CCCC(C)(C)C1(C)C. The second kappa shape index (κ2) is 15.3. The monoisotopic (exact) mass is 423 g/mol. The molecule has 1 saturated heterocycles. The van der Waals surface area contributed by atoms with Gasteiger partial charge in [-0.25, -0.2) is 0 Å². The summed E-state index contributed by atoms with van der Waals surface area (Å²) in [5.41, 5.74) is 0.0656. The zero-order valence-electron chi connectivity index (χ0n) is 21.2. The Morgan fingerprint density at radius 3 is 1.63 bits per heavy atom. The van der Waals surface area contributed by atoms with E-state index in [0.29, 0.717) is 6.42 Å². The molecule has 0 unspecified atom stereocenters. The molecule has 0 N–H and O–H groups in total. The minimum atomic E-state index is -0.101. The molecule has 0 saturated carbocycles. The second-order valence-corrected chi connectivity index (χ2v) is 10.8. The lowest BCUT2D eigenvalue weighted by Gasteiger charge is -2.51. The molecule has 1 heterocycles. The third-order valence-electron chi connectivity index (χ3n) is 7.64. The maximum absolute atomic E-state index is 12.3. The van der Waals surface area contributed by atoms with E-state index in [2.05, 4.69) is 34.6 Å². The lowest BCUT2D eigenvalue weighted by atomic mass is 9.69. The molecule has 0 atom stereocenters. The van der Waals surface area contributed by atoms with E-state index >= 15 is 0 Å². The number of hydrogen-bond acceptors (Lipinski definition) is 3. The average molecular weight is 424 g/mol. The van der Waals surface area contributed by atoms with Crippen molar-refractivity contribution in [3.8, 4) is 0 Å². The Labute approximate surface area is 188 Å². The van der Waals surface area contributed by atoms with Crippen molar-refractivity contribution < 1.29 is 9.63 Å². The first-order chi connectivity index (χ1) is 14.3. The molecular weight excluding hydrogens is 370 g/mol. The summed E-state index contributed by atoms with van der Waals surface area (Å²) in [6, 6.07) is 0. The first-order valence-electron chi connectivity index (χ1n) is 13.3. The number of unbranched alkanes of at least 4 members (excludes halogenated alkanes) is 14. The Morgan fingerprint density at radius 1 is 0.733 bits per heavy atom. The first-order valence-corrected chi connectivity index (χ1v) is 13.3. The lowest BCUT2D eigenvalue weighted by Crippen LogP contribution is -2.57. The molecule has 0 aromatic heterocycles. The molecule has 0 amide bonds. The van der Waals surface area contributed by atoms with Crippen LogP contribution in [0.4, 0.5) is 0 Å². The van der Waals surface area contributed by atoms with Gasteiger partial charge >= 0.3 is 5.97 Å². The summed E-state index contributed by atoms with van der Waals surface area (Å²) in [7, 11) is 0. The van der Waals surface area contributed by atoms with Gasteiger partial charge < -0.3 is 4.84 Å². The lowest BCUT2D eigenvalue weighted by molar-refractivity contribution is -0.247. The Morgan fingerprint density at radius 2 is 1.17 bits per heavy atom. The number of hydrogen-bond donors (Lipinski definition) is 0. The summed E-state index contributed by atoms with van der Waals surface area (Å²) < 4.78 is 0. The molecule has 3 heteroatoms. The predicted octanol–water partition coefficient (Wildman–Crippen LogP) is 8.61. The Bertz CT molecular complexity index is 444. The third kappa shape index (κ3) is 10.6. The molecule has 0 aliphatic carbocycles. The van der Waals surface area contributed by atoms with Crippen molar-refractivity contribution in [1.82, 2.24) is 5.06 Å². The molecule has 30 heavy (non-hydrogen) atoms. The van der Waals surface area contributed by atoms with Crippen molar-refractivity contribution in [3.05, 3.63) is 0 Å². The van der Waals surface area contributed by atoms with Gasteiger partial charge in [0.25, 0.3) is 0 Å². The quantitative estimate of drug-likeness (QED) is 0.219. The Balaban J connectivity index is 1.93. The van der Waals surface area contributed by atoms with Gasteiger partial charge in [0.15, 0.2) is 0 Å². The number of carbonyl (C=O) groups is 1. The van der Waals surface area contributed by atoms with Gasteiger partial charge in [-0.05, 0) is 38.5 Å². The van der Waals surface area contributed by atoms with E-state index in [1.54, 1.807) is 0 Å². The molecule has 0 radical (unpaired) electrons. The van der Waals surface area contributed by atoms with Crippen LogP contribution < -0.4 is 0 Å². The van der Waals surface area contributed by atoms with Crippen LogP contribution in [-0.2, 0) is 9.63 Å². The molecule has 0 spiro atoms. The van der Waals surface area contributed by atoms with Crippen molar-refractivity contribution in [2.75, 3.05) is 6.54 Å². The van der Waals surface area contributed by atoms with E-state index in [1.807, 2.05) is 5.06 Å². The molecule has 0 aromatic rings. The van der Waals surface area contributed by atoms with E-state index in [4.69, 9.17) is 4.84 Å². The fourth-order valence-electron chi connectivity index (χ4n) is 4.56. The van der Waals surface area contributed by atoms with Crippen molar-refractivity contribution in [3.63, 3.8) is 0 Å². The largest absolute Gasteiger partial charge is 0.367 e. The minimum absolute atomic E-state index is 0.0459. The van der Waals surface area contributed by atoms with E-state index in [1.165, 1.54) is 89.9 Å². The van der Waals surface area contributed by atoms with Crippen LogP contribution >= 0.6 is 0 Å². The number of carbonyl (C=O) groups excluding carboxylic acids is 1. The van der Waals surface area contributed by atoms with Crippen molar-refractivity contribution in [1.29, 1.82) is 0 Å². The van der Waals surface area contributed by atoms with Gasteiger partial charge in [-0.1, -0.05) is 111 Å². The third-order valence-corrected chi connectivity index (χ3v) is 7.64. The minimum Gasteiger partial charge on any atom is -0.367 e. The van der Waals surface area contributed by atoms with Crippen molar-refractivity contribution >= 4 is 5.97 Å². The first kappa shape index (κ1) is 27.5. The van der Waals surface area contributed by atoms with Crippen molar-refractivity contribution in [2.45, 2.75) is 156 Å². The fraction of sp³-hybridized carbons (Fsp3) is 0.963. The summed E-state index contributed by atoms with van der Waals surface area (Å²) in [6.45, 7) is 12.1. The zero-order chi connectivity index (χ0) is 22.3. The van der Waals surface area contributed by atoms with E-state index in [0.717, 1.165) is 25.8 Å². The Hall–Kier alpha value is -0.570. The molecule has 1 aliphatic rings. The highest BCUT2D eigenvalue weighted by Gasteiger charge is 2.46. The van der Waals surface area contributed by atoms with Crippen LogP contribution in [0.5, 0.6) is 0 Å². The Kier molecular flexibility index (Phi) is 14.0. The van der Waals surface area contributed by atoms with Gasteiger partial charge in [-0.3, -0.25) is 4.79 Å². The smallest absolute Gasteiger partial charge is 0.325 e. The molecule has 1 rings (SSSR count). The van der Waals surface area contributed by atoms with E-state index < -0.39 is 0 Å². The normalized spacial score (nSPS) is 18.4. The predicted molar refractivity (Wildman–Crippen MR) is 129 cm³/mol. The van der Waals surface area contributed by atoms with Gasteiger partial charge in [-0.2, -0.15) is 0 Å². The van der Waals surface area contributed by atoms with E-state index in [-0.39, 0.29) is 16.9 Å². The van der Waals surface area contributed by atoms with Gasteiger partial charge in [0, 0.05) is 13.0 Å². The highest BCUT2D eigenvalue weighted by Crippen LogP contribution is 2.43. The summed E-state index contributed by atoms with van der Waals surface area (Å²) in [5, 5.41) is 1.95. The number of rotatable bonds is 17. The van der Waals surface area contributed by atoms with Gasteiger partial charge in [0.2, 0.25) is 0 Å². The van der Waals surface area contributed by atoms with Crippen LogP contribution in [0, 0.1) is 5.41 Å². The highest BCUT2D eigenvalue weighted by atomic mass is 16.7.